The molecular weight excluding hydrogens is 270 g/mol. The molecule has 1 N–H and O–H groups in total. The number of imidazole rings is 1. The van der Waals surface area contributed by atoms with Gasteiger partial charge in [0.1, 0.15) is 6.33 Å². The summed E-state index contributed by atoms with van der Waals surface area (Å²) in [6.45, 7) is 0. The molecule has 3 aromatic rings. The Morgan fingerprint density at radius 1 is 1.24 bits per heavy atom. The van der Waals surface area contributed by atoms with Gasteiger partial charge in [-0.1, -0.05) is 12.1 Å². The molecule has 0 aliphatic carbocycles. The fourth-order valence-electron chi connectivity index (χ4n) is 2.09. The largest absolute Gasteiger partial charge is 0.465 e. The third-order valence-electron chi connectivity index (χ3n) is 3.14. The van der Waals surface area contributed by atoms with E-state index in [2.05, 4.69) is 25.1 Å². The zero-order valence-electron chi connectivity index (χ0n) is 11.6. The van der Waals surface area contributed by atoms with E-state index in [1.54, 1.807) is 29.9 Å². The summed E-state index contributed by atoms with van der Waals surface area (Å²) < 4.78 is 6.38. The Morgan fingerprint density at radius 3 is 2.67 bits per heavy atom. The molecule has 0 saturated heterocycles. The molecule has 21 heavy (non-hydrogen) atoms. The zero-order valence-corrected chi connectivity index (χ0v) is 11.6. The van der Waals surface area contributed by atoms with Crippen LogP contribution < -0.4 is 5.32 Å². The first kappa shape index (κ1) is 13.0. The molecule has 0 aliphatic heterocycles. The lowest BCUT2D eigenvalue weighted by Gasteiger charge is -2.04. The zero-order chi connectivity index (χ0) is 14.8. The summed E-state index contributed by atoms with van der Waals surface area (Å²) in [5.74, 6) is 0.293. The van der Waals surface area contributed by atoms with Crippen LogP contribution in [0.4, 0.5) is 5.82 Å². The molecule has 0 fully saturated rings. The van der Waals surface area contributed by atoms with E-state index >= 15 is 0 Å². The van der Waals surface area contributed by atoms with Gasteiger partial charge >= 0.3 is 5.97 Å². The molecular formula is C14H13N5O2. The number of nitrogens with one attached hydrogen (secondary N) is 1. The van der Waals surface area contributed by atoms with Crippen molar-refractivity contribution in [2.24, 2.45) is 0 Å². The Labute approximate surface area is 120 Å². The van der Waals surface area contributed by atoms with Crippen molar-refractivity contribution in [1.29, 1.82) is 0 Å². The van der Waals surface area contributed by atoms with Gasteiger partial charge in [-0.2, -0.15) is 5.10 Å². The number of anilines is 1. The molecule has 0 atom stereocenters. The molecule has 0 amide bonds. The highest BCUT2D eigenvalue weighted by Crippen LogP contribution is 2.22. The average Bonchev–Trinajstić information content (AvgIpc) is 2.98. The quantitative estimate of drug-likeness (QED) is 0.736. The molecule has 0 aliphatic rings. The van der Waals surface area contributed by atoms with Gasteiger partial charge in [-0.05, 0) is 12.1 Å². The number of rotatable bonds is 3. The summed E-state index contributed by atoms with van der Waals surface area (Å²) >= 11 is 0. The van der Waals surface area contributed by atoms with Crippen molar-refractivity contribution in [1.82, 2.24) is 19.6 Å². The second kappa shape index (κ2) is 5.20. The average molecular weight is 283 g/mol. The lowest BCUT2D eigenvalue weighted by molar-refractivity contribution is 0.0601. The predicted molar refractivity (Wildman–Crippen MR) is 77.1 cm³/mol. The van der Waals surface area contributed by atoms with Gasteiger partial charge < -0.3 is 10.1 Å². The minimum Gasteiger partial charge on any atom is -0.465 e. The van der Waals surface area contributed by atoms with Crippen molar-refractivity contribution in [2.75, 3.05) is 19.5 Å². The molecule has 0 bridgehead atoms. The van der Waals surface area contributed by atoms with E-state index in [9.17, 15) is 4.79 Å². The van der Waals surface area contributed by atoms with Gasteiger partial charge in [-0.15, -0.1) is 0 Å². The number of carbonyl (C=O) groups is 1. The number of aromatic nitrogens is 4. The van der Waals surface area contributed by atoms with Crippen LogP contribution in [0.2, 0.25) is 0 Å². The summed E-state index contributed by atoms with van der Waals surface area (Å²) in [7, 11) is 3.14. The van der Waals surface area contributed by atoms with Crippen LogP contribution in [0.15, 0.2) is 36.8 Å². The van der Waals surface area contributed by atoms with E-state index < -0.39 is 0 Å². The number of esters is 1. The molecule has 106 valence electrons. The molecule has 7 heteroatoms. The highest BCUT2D eigenvalue weighted by molar-refractivity contribution is 5.89. The first-order valence-corrected chi connectivity index (χ1v) is 6.30. The normalized spacial score (nSPS) is 10.6. The number of nitrogens with zero attached hydrogens (tertiary/aromatic N) is 4. The van der Waals surface area contributed by atoms with Crippen LogP contribution in [-0.4, -0.2) is 39.7 Å². The number of benzene rings is 1. The van der Waals surface area contributed by atoms with Crippen LogP contribution in [-0.2, 0) is 4.74 Å². The Morgan fingerprint density at radius 2 is 2.00 bits per heavy atom. The lowest BCUT2D eigenvalue weighted by atomic mass is 10.1. The van der Waals surface area contributed by atoms with Gasteiger partial charge in [0.15, 0.2) is 11.5 Å². The topological polar surface area (TPSA) is 81.4 Å². The van der Waals surface area contributed by atoms with Gasteiger partial charge in [-0.3, -0.25) is 0 Å². The van der Waals surface area contributed by atoms with Crippen LogP contribution in [0.3, 0.4) is 0 Å². The van der Waals surface area contributed by atoms with Crippen LogP contribution in [0.25, 0.3) is 16.9 Å². The monoisotopic (exact) mass is 283 g/mol. The Bertz CT molecular complexity index is 795. The fraction of sp³-hybridized carbons (Fsp3) is 0.143. The summed E-state index contributed by atoms with van der Waals surface area (Å²) in [6, 6.07) is 7.08. The minimum atomic E-state index is -0.362. The van der Waals surface area contributed by atoms with Crippen molar-refractivity contribution in [3.05, 3.63) is 42.4 Å². The van der Waals surface area contributed by atoms with Crippen LogP contribution in [0, 0.1) is 0 Å². The molecule has 2 aromatic heterocycles. The molecule has 7 nitrogen and oxygen atoms in total. The number of carbonyl (C=O) groups excluding carboxylic acids is 1. The van der Waals surface area contributed by atoms with Crippen LogP contribution in [0.5, 0.6) is 0 Å². The van der Waals surface area contributed by atoms with Crippen molar-refractivity contribution >= 4 is 17.4 Å². The second-order valence-corrected chi connectivity index (χ2v) is 4.31. The molecule has 3 rings (SSSR count). The SMILES string of the molecule is CNc1ncnn2c(-c3ccc(C(=O)OC)cc3)cnc12. The Hall–Kier alpha value is -2.96. The van der Waals surface area contributed by atoms with E-state index in [0.717, 1.165) is 11.3 Å². The van der Waals surface area contributed by atoms with E-state index in [4.69, 9.17) is 0 Å². The van der Waals surface area contributed by atoms with E-state index in [1.165, 1.54) is 13.4 Å². The first-order chi connectivity index (χ1) is 10.2. The maximum Gasteiger partial charge on any atom is 0.337 e. The number of methoxy groups -OCH3 is 1. The van der Waals surface area contributed by atoms with E-state index in [1.807, 2.05) is 12.1 Å². The van der Waals surface area contributed by atoms with E-state index in [0.29, 0.717) is 17.0 Å². The highest BCUT2D eigenvalue weighted by atomic mass is 16.5. The number of ether oxygens (including phenoxy) is 1. The summed E-state index contributed by atoms with van der Waals surface area (Å²) in [6.07, 6.45) is 3.19. The predicted octanol–water partition coefficient (Wildman–Crippen LogP) is 1.62. The molecule has 0 spiro atoms. The second-order valence-electron chi connectivity index (χ2n) is 4.31. The highest BCUT2D eigenvalue weighted by Gasteiger charge is 2.11. The lowest BCUT2D eigenvalue weighted by Crippen LogP contribution is -2.02. The number of hydrogen-bond acceptors (Lipinski definition) is 6. The summed E-state index contributed by atoms with van der Waals surface area (Å²) in [4.78, 5) is 19.9. The third kappa shape index (κ3) is 2.18. The Kier molecular flexibility index (Phi) is 3.23. The van der Waals surface area contributed by atoms with Crippen LogP contribution >= 0.6 is 0 Å². The van der Waals surface area contributed by atoms with Crippen LogP contribution in [0.1, 0.15) is 10.4 Å². The summed E-state index contributed by atoms with van der Waals surface area (Å²) in [5.41, 5.74) is 2.86. The molecule has 2 heterocycles. The first-order valence-electron chi connectivity index (χ1n) is 6.30. The fourth-order valence-corrected chi connectivity index (χ4v) is 2.09. The molecule has 1 aromatic carbocycles. The maximum absolute atomic E-state index is 11.4. The van der Waals surface area contributed by atoms with Gasteiger partial charge in [0.05, 0.1) is 24.6 Å². The van der Waals surface area contributed by atoms with Crippen molar-refractivity contribution in [3.63, 3.8) is 0 Å². The number of hydrogen-bond donors (Lipinski definition) is 1. The van der Waals surface area contributed by atoms with Crippen molar-refractivity contribution < 1.29 is 9.53 Å². The van der Waals surface area contributed by atoms with Gasteiger partial charge in [0.25, 0.3) is 0 Å². The third-order valence-corrected chi connectivity index (χ3v) is 3.14. The van der Waals surface area contributed by atoms with Gasteiger partial charge in [0.2, 0.25) is 0 Å². The molecule has 0 unspecified atom stereocenters. The standard InChI is InChI=1S/C14H13N5O2/c1-15-12-13-16-7-11(19(13)18-8-17-12)9-3-5-10(6-4-9)14(20)21-2/h3-8H,1-2H3,(H,15,17,18). The maximum atomic E-state index is 11.4. The molecule has 0 radical (unpaired) electrons. The van der Waals surface area contributed by atoms with Gasteiger partial charge in [-0.25, -0.2) is 19.3 Å². The van der Waals surface area contributed by atoms with Gasteiger partial charge in [0, 0.05) is 12.6 Å². The van der Waals surface area contributed by atoms with Crippen molar-refractivity contribution in [2.45, 2.75) is 0 Å². The smallest absolute Gasteiger partial charge is 0.337 e. The Balaban J connectivity index is 2.06. The van der Waals surface area contributed by atoms with Crippen molar-refractivity contribution in [3.8, 4) is 11.3 Å². The minimum absolute atomic E-state index is 0.362. The number of fused-ring (bicyclic) bond motifs is 1. The summed E-state index contributed by atoms with van der Waals surface area (Å²) in [5, 5.41) is 7.18. The van der Waals surface area contributed by atoms with E-state index in [-0.39, 0.29) is 5.97 Å². The molecule has 0 saturated carbocycles.